The molecule has 0 spiro atoms. The average molecular weight is 594 g/mol. The average Bonchev–Trinajstić information content (AvgIpc) is 3.60. The van der Waals surface area contributed by atoms with E-state index in [9.17, 15) is 22.9 Å². The maximum Gasteiger partial charge on any atom is 0.255 e. The van der Waals surface area contributed by atoms with E-state index in [1.807, 2.05) is 18.2 Å². The summed E-state index contributed by atoms with van der Waals surface area (Å²) >= 11 is 0. The van der Waals surface area contributed by atoms with E-state index >= 15 is 0 Å². The van der Waals surface area contributed by atoms with Crippen LogP contribution in [0, 0.1) is 17.1 Å². The Balaban J connectivity index is 1.62. The molecular weight excluding hydrogens is 569 g/mol. The Bertz CT molecular complexity index is 2200. The van der Waals surface area contributed by atoms with Crippen LogP contribution in [0.3, 0.4) is 0 Å². The zero-order valence-electron chi connectivity index (χ0n) is 23.3. The van der Waals surface area contributed by atoms with Gasteiger partial charge in [-0.3, -0.25) is 9.10 Å². The van der Waals surface area contributed by atoms with Gasteiger partial charge in [-0.2, -0.15) is 10.4 Å². The number of nitrogens with zero attached hydrogens (tertiary/aromatic N) is 4. The lowest BCUT2D eigenvalue weighted by atomic mass is 9.98. The summed E-state index contributed by atoms with van der Waals surface area (Å²) in [5.74, 6) is -0.618. The van der Waals surface area contributed by atoms with Gasteiger partial charge >= 0.3 is 0 Å². The molecule has 4 aromatic carbocycles. The molecule has 11 heteroatoms. The number of rotatable bonds is 6. The molecule has 6 aromatic rings. The Morgan fingerprint density at radius 3 is 2.37 bits per heavy atom. The van der Waals surface area contributed by atoms with Crippen LogP contribution in [0.1, 0.15) is 15.9 Å². The molecule has 0 fully saturated rings. The van der Waals surface area contributed by atoms with Crippen LogP contribution < -0.4 is 9.62 Å². The third kappa shape index (κ3) is 4.87. The maximum absolute atomic E-state index is 13.7. The number of furan rings is 1. The lowest BCUT2D eigenvalue weighted by molar-refractivity contribution is 0.0964. The second kappa shape index (κ2) is 10.4. The van der Waals surface area contributed by atoms with Crippen molar-refractivity contribution in [2.75, 3.05) is 24.7 Å². The van der Waals surface area contributed by atoms with Crippen LogP contribution in [-0.4, -0.2) is 44.5 Å². The molecular formula is C32H24FN5O4S. The first-order valence-corrected chi connectivity index (χ1v) is 14.9. The summed E-state index contributed by atoms with van der Waals surface area (Å²) in [5, 5.41) is 17.7. The van der Waals surface area contributed by atoms with Crippen LogP contribution in [0.5, 0.6) is 0 Å². The van der Waals surface area contributed by atoms with Crippen molar-refractivity contribution >= 4 is 43.5 Å². The molecule has 0 aliphatic carbocycles. The summed E-state index contributed by atoms with van der Waals surface area (Å²) in [5.41, 5.74) is 4.57. The summed E-state index contributed by atoms with van der Waals surface area (Å²) < 4.78 is 48.2. The van der Waals surface area contributed by atoms with E-state index in [1.54, 1.807) is 47.3 Å². The van der Waals surface area contributed by atoms with E-state index in [0.717, 1.165) is 27.2 Å². The number of sulfonamides is 1. The summed E-state index contributed by atoms with van der Waals surface area (Å²) in [4.78, 5) is 13.2. The Hall–Kier alpha value is -5.47. The Labute approximate surface area is 246 Å². The number of aromatic nitrogens is 2. The van der Waals surface area contributed by atoms with E-state index in [1.165, 1.54) is 38.4 Å². The van der Waals surface area contributed by atoms with Crippen LogP contribution in [0.15, 0.2) is 89.5 Å². The van der Waals surface area contributed by atoms with Gasteiger partial charge in [0.2, 0.25) is 10.0 Å². The smallest absolute Gasteiger partial charge is 0.255 e. The van der Waals surface area contributed by atoms with E-state index in [2.05, 4.69) is 16.5 Å². The number of carbonyl (C=O) groups excluding carboxylic acids is 1. The predicted octanol–water partition coefficient (Wildman–Crippen LogP) is 5.87. The molecule has 1 amide bonds. The van der Waals surface area contributed by atoms with Crippen molar-refractivity contribution in [3.8, 4) is 34.2 Å². The van der Waals surface area contributed by atoms with Crippen LogP contribution in [-0.2, 0) is 10.0 Å². The monoisotopic (exact) mass is 593 g/mol. The molecule has 43 heavy (non-hydrogen) atoms. The van der Waals surface area contributed by atoms with Gasteiger partial charge in [-0.1, -0.05) is 12.1 Å². The lowest BCUT2D eigenvalue weighted by Crippen LogP contribution is -2.25. The molecule has 2 aromatic heterocycles. The summed E-state index contributed by atoms with van der Waals surface area (Å²) in [6.07, 6.45) is 2.82. The Morgan fingerprint density at radius 2 is 1.72 bits per heavy atom. The minimum Gasteiger partial charge on any atom is -0.455 e. The van der Waals surface area contributed by atoms with Gasteiger partial charge in [-0.05, 0) is 66.2 Å². The molecule has 0 radical (unpaired) electrons. The third-order valence-corrected chi connectivity index (χ3v) is 8.52. The van der Waals surface area contributed by atoms with E-state index in [-0.39, 0.29) is 16.9 Å². The number of amides is 1. The molecule has 0 unspecified atom stereocenters. The van der Waals surface area contributed by atoms with Crippen molar-refractivity contribution in [2.24, 2.45) is 0 Å². The quantitative estimate of drug-likeness (QED) is 0.258. The van der Waals surface area contributed by atoms with Gasteiger partial charge in [0.1, 0.15) is 17.2 Å². The Morgan fingerprint density at radius 1 is 1.02 bits per heavy atom. The topological polar surface area (TPSA) is 121 Å². The van der Waals surface area contributed by atoms with Crippen LogP contribution >= 0.6 is 0 Å². The van der Waals surface area contributed by atoms with Gasteiger partial charge in [0.15, 0.2) is 0 Å². The van der Waals surface area contributed by atoms with E-state index in [0.29, 0.717) is 33.3 Å². The van der Waals surface area contributed by atoms with Gasteiger partial charge in [-0.15, -0.1) is 0 Å². The number of halogens is 1. The number of anilines is 1. The fourth-order valence-corrected chi connectivity index (χ4v) is 5.53. The number of nitrogens with one attached hydrogen (secondary N) is 1. The zero-order chi connectivity index (χ0) is 30.5. The highest BCUT2D eigenvalue weighted by molar-refractivity contribution is 7.92. The Kier molecular flexibility index (Phi) is 6.71. The van der Waals surface area contributed by atoms with Gasteiger partial charge < -0.3 is 9.73 Å². The number of hydrogen-bond donors (Lipinski definition) is 1. The van der Waals surface area contributed by atoms with Crippen LogP contribution in [0.4, 0.5) is 10.1 Å². The predicted molar refractivity (Wildman–Crippen MR) is 163 cm³/mol. The fourth-order valence-electron chi connectivity index (χ4n) is 5.03. The van der Waals surface area contributed by atoms with E-state index in [4.69, 9.17) is 4.42 Å². The van der Waals surface area contributed by atoms with Gasteiger partial charge in [0.05, 0.1) is 46.5 Å². The first-order valence-electron chi connectivity index (χ1n) is 13.1. The maximum atomic E-state index is 13.7. The molecule has 0 saturated carbocycles. The minimum atomic E-state index is -3.70. The molecule has 2 heterocycles. The molecule has 0 aliphatic heterocycles. The SMILES string of the molecule is CNC(=O)c1c(-c2ccc(F)cc2)oc2cc(N(C)S(C)(=O)=O)c(-c3ccc4cnn(-c5ccc(C#N)cc5)c4c3)cc12. The zero-order valence-corrected chi connectivity index (χ0v) is 24.1. The van der Waals surface area contributed by atoms with Gasteiger partial charge in [-0.25, -0.2) is 17.5 Å². The highest BCUT2D eigenvalue weighted by Crippen LogP contribution is 2.42. The van der Waals surface area contributed by atoms with Crippen LogP contribution in [0.2, 0.25) is 0 Å². The largest absolute Gasteiger partial charge is 0.455 e. The van der Waals surface area contributed by atoms with E-state index < -0.39 is 21.7 Å². The first-order chi connectivity index (χ1) is 20.6. The van der Waals surface area contributed by atoms with Crippen molar-refractivity contribution in [1.82, 2.24) is 15.1 Å². The lowest BCUT2D eigenvalue weighted by Gasteiger charge is -2.21. The van der Waals surface area contributed by atoms with Crippen molar-refractivity contribution in [3.63, 3.8) is 0 Å². The molecule has 0 bridgehead atoms. The van der Waals surface area contributed by atoms with Crippen molar-refractivity contribution < 1.29 is 22.0 Å². The number of hydrogen-bond acceptors (Lipinski definition) is 6. The van der Waals surface area contributed by atoms with Crippen LogP contribution in [0.25, 0.3) is 50.0 Å². The highest BCUT2D eigenvalue weighted by atomic mass is 32.2. The molecule has 0 saturated heterocycles. The molecule has 214 valence electrons. The third-order valence-electron chi connectivity index (χ3n) is 7.33. The molecule has 9 nitrogen and oxygen atoms in total. The number of nitriles is 1. The number of benzene rings is 4. The second-order valence-corrected chi connectivity index (χ2v) is 12.0. The van der Waals surface area contributed by atoms with Gasteiger partial charge in [0.25, 0.3) is 5.91 Å². The summed E-state index contributed by atoms with van der Waals surface area (Å²) in [7, 11) is -0.751. The number of fused-ring (bicyclic) bond motifs is 2. The molecule has 0 aliphatic rings. The minimum absolute atomic E-state index is 0.230. The normalized spacial score (nSPS) is 11.5. The summed E-state index contributed by atoms with van der Waals surface area (Å²) in [6.45, 7) is 0. The highest BCUT2D eigenvalue weighted by Gasteiger charge is 2.26. The molecule has 6 rings (SSSR count). The van der Waals surface area contributed by atoms with Crippen molar-refractivity contribution in [2.45, 2.75) is 0 Å². The standard InChI is InChI=1S/C32H24FN5O4S/c1-35-32(39)30-26-15-25(21-6-7-22-18-36-38(27(22)14-21)24-12-4-19(17-34)5-13-24)28(37(2)43(3,40)41)16-29(26)42-31(30)20-8-10-23(33)11-9-20/h4-16,18H,1-3H3,(H,35,39). The summed E-state index contributed by atoms with van der Waals surface area (Å²) in [6, 6.07) is 23.6. The second-order valence-electron chi connectivity index (χ2n) is 9.98. The molecule has 1 N–H and O–H groups in total. The van der Waals surface area contributed by atoms with Gasteiger partial charge in [0, 0.05) is 42.1 Å². The fraction of sp³-hybridized carbons (Fsp3) is 0.0938. The first kappa shape index (κ1) is 27.7. The number of carbonyl (C=O) groups is 1. The van der Waals surface area contributed by atoms with Crippen molar-refractivity contribution in [3.05, 3.63) is 102 Å². The van der Waals surface area contributed by atoms with Crippen molar-refractivity contribution in [1.29, 1.82) is 5.26 Å². The molecule has 0 atom stereocenters.